The Kier molecular flexibility index (Phi) is 5.49. The number of hydrogen-bond donors (Lipinski definition) is 1. The van der Waals surface area contributed by atoms with Gasteiger partial charge in [-0.25, -0.2) is 9.49 Å². The van der Waals surface area contributed by atoms with E-state index in [9.17, 15) is 4.39 Å². The number of ether oxygens (including phenoxy) is 1. The van der Waals surface area contributed by atoms with Gasteiger partial charge < -0.3 is 4.74 Å². The van der Waals surface area contributed by atoms with E-state index in [2.05, 4.69) is 21.4 Å². The number of H-pyrrole nitrogens is 1. The maximum absolute atomic E-state index is 13.9. The lowest BCUT2D eigenvalue weighted by atomic mass is 10.1. The number of benzene rings is 2. The van der Waals surface area contributed by atoms with Gasteiger partial charge >= 0.3 is 0 Å². The smallest absolute Gasteiger partial charge is 0.216 e. The second-order valence-electron chi connectivity index (χ2n) is 5.75. The predicted octanol–water partition coefficient (Wildman–Crippen LogP) is 4.81. The summed E-state index contributed by atoms with van der Waals surface area (Å²) in [6.07, 6.45) is 1.31. The molecule has 0 saturated carbocycles. The molecular weight excluding hydrogens is 375 g/mol. The number of nitrogens with zero attached hydrogens (tertiary/aromatic N) is 3. The van der Waals surface area contributed by atoms with Crippen LogP contribution in [0, 0.1) is 24.4 Å². The van der Waals surface area contributed by atoms with Crippen LogP contribution in [0.25, 0.3) is 0 Å². The summed E-state index contributed by atoms with van der Waals surface area (Å²) in [7, 11) is 0. The van der Waals surface area contributed by atoms with Crippen LogP contribution in [-0.2, 0) is 6.61 Å². The summed E-state index contributed by atoms with van der Waals surface area (Å²) in [5.41, 5.74) is 2.38. The molecule has 0 aliphatic carbocycles. The maximum atomic E-state index is 13.9. The van der Waals surface area contributed by atoms with E-state index >= 15 is 0 Å². The highest BCUT2D eigenvalue weighted by molar-refractivity contribution is 7.71. The zero-order valence-electron chi connectivity index (χ0n) is 14.2. The number of halogens is 2. The Balaban J connectivity index is 1.83. The van der Waals surface area contributed by atoms with E-state index in [1.165, 1.54) is 23.0 Å². The molecule has 1 aromatic heterocycles. The number of aromatic nitrogens is 3. The Morgan fingerprint density at radius 2 is 2.04 bits per heavy atom. The van der Waals surface area contributed by atoms with Gasteiger partial charge in [-0.05, 0) is 61.5 Å². The van der Waals surface area contributed by atoms with Crippen LogP contribution in [0.2, 0.25) is 5.02 Å². The third kappa shape index (κ3) is 4.17. The van der Waals surface area contributed by atoms with Gasteiger partial charge in [0.2, 0.25) is 4.77 Å². The lowest BCUT2D eigenvalue weighted by Crippen LogP contribution is -2.05. The maximum Gasteiger partial charge on any atom is 0.216 e. The second kappa shape index (κ2) is 7.80. The van der Waals surface area contributed by atoms with Crippen molar-refractivity contribution in [3.63, 3.8) is 0 Å². The van der Waals surface area contributed by atoms with Crippen molar-refractivity contribution in [3.8, 4) is 5.75 Å². The van der Waals surface area contributed by atoms with Crippen molar-refractivity contribution in [2.24, 2.45) is 5.10 Å². The van der Waals surface area contributed by atoms with Crippen molar-refractivity contribution in [2.75, 3.05) is 0 Å². The average Bonchev–Trinajstić information content (AvgIpc) is 2.92. The van der Waals surface area contributed by atoms with Crippen molar-refractivity contribution < 1.29 is 9.13 Å². The largest absolute Gasteiger partial charge is 0.486 e. The highest BCUT2D eigenvalue weighted by atomic mass is 35.5. The number of nitrogens with one attached hydrogen (secondary N) is 1. The first-order valence-electron chi connectivity index (χ1n) is 7.80. The first-order chi connectivity index (χ1) is 12.4. The summed E-state index contributed by atoms with van der Waals surface area (Å²) < 4.78 is 21.3. The highest BCUT2D eigenvalue weighted by Crippen LogP contribution is 2.18. The Bertz CT molecular complexity index is 988. The van der Waals surface area contributed by atoms with Gasteiger partial charge in [0.15, 0.2) is 5.82 Å². The summed E-state index contributed by atoms with van der Waals surface area (Å²) in [5.74, 6) is 0.714. The molecule has 1 N–H and O–H groups in total. The van der Waals surface area contributed by atoms with E-state index in [1.807, 2.05) is 26.0 Å². The molecule has 0 atom stereocenters. The van der Waals surface area contributed by atoms with E-state index in [-0.39, 0.29) is 22.0 Å². The van der Waals surface area contributed by atoms with Gasteiger partial charge in [-0.1, -0.05) is 23.7 Å². The van der Waals surface area contributed by atoms with Gasteiger partial charge in [0.05, 0.1) is 11.2 Å². The average molecular weight is 391 g/mol. The van der Waals surface area contributed by atoms with Gasteiger partial charge in [0.1, 0.15) is 18.2 Å². The molecule has 3 rings (SSSR count). The van der Waals surface area contributed by atoms with Crippen LogP contribution in [-0.4, -0.2) is 21.1 Å². The molecule has 0 spiro atoms. The molecule has 0 aliphatic heterocycles. The molecule has 8 heteroatoms. The fourth-order valence-corrected chi connectivity index (χ4v) is 2.86. The molecule has 3 aromatic rings. The topological polar surface area (TPSA) is 55.2 Å². The Labute approximate surface area is 160 Å². The molecule has 0 aliphatic rings. The molecule has 1 heterocycles. The van der Waals surface area contributed by atoms with Crippen LogP contribution in [0.4, 0.5) is 4.39 Å². The number of aromatic amines is 1. The fraction of sp³-hybridized carbons (Fsp3) is 0.167. The van der Waals surface area contributed by atoms with Crippen LogP contribution in [0.3, 0.4) is 0 Å². The fourth-order valence-electron chi connectivity index (χ4n) is 2.45. The van der Waals surface area contributed by atoms with E-state index in [0.29, 0.717) is 5.82 Å². The molecule has 26 heavy (non-hydrogen) atoms. The summed E-state index contributed by atoms with van der Waals surface area (Å²) in [6.45, 7) is 4.15. The van der Waals surface area contributed by atoms with Gasteiger partial charge in [0.25, 0.3) is 0 Å². The molecule has 134 valence electrons. The molecule has 0 fully saturated rings. The summed E-state index contributed by atoms with van der Waals surface area (Å²) in [5, 5.41) is 11.2. The van der Waals surface area contributed by atoms with E-state index in [0.717, 1.165) is 16.9 Å². The predicted molar refractivity (Wildman–Crippen MR) is 102 cm³/mol. The quantitative estimate of drug-likeness (QED) is 0.502. The van der Waals surface area contributed by atoms with Crippen LogP contribution in [0.1, 0.15) is 22.5 Å². The standard InChI is InChI=1S/C18H16ClFN4OS/c1-11-6-12(2)8-13(7-11)25-10-17-22-23-18(26)24(17)21-9-14-15(19)4-3-5-16(14)20/h3-9H,10H2,1-2H3,(H,23,26). The number of rotatable bonds is 5. The first-order valence-corrected chi connectivity index (χ1v) is 8.58. The van der Waals surface area contributed by atoms with Crippen LogP contribution in [0.5, 0.6) is 5.75 Å². The van der Waals surface area contributed by atoms with Crippen molar-refractivity contribution in [3.05, 3.63) is 74.5 Å². The first kappa shape index (κ1) is 18.3. The van der Waals surface area contributed by atoms with Gasteiger partial charge in [-0.15, -0.1) is 0 Å². The highest BCUT2D eigenvalue weighted by Gasteiger charge is 2.08. The SMILES string of the molecule is Cc1cc(C)cc(OCc2n[nH]c(=S)n2N=Cc2c(F)cccc2Cl)c1. The summed E-state index contributed by atoms with van der Waals surface area (Å²) >= 11 is 11.2. The Morgan fingerprint density at radius 3 is 2.73 bits per heavy atom. The third-order valence-corrected chi connectivity index (χ3v) is 4.18. The van der Waals surface area contributed by atoms with E-state index in [1.54, 1.807) is 6.07 Å². The molecule has 0 unspecified atom stereocenters. The second-order valence-corrected chi connectivity index (χ2v) is 6.54. The number of hydrogen-bond acceptors (Lipinski definition) is 4. The molecular formula is C18H16ClFN4OS. The number of aryl methyl sites for hydroxylation is 2. The molecule has 2 aromatic carbocycles. The summed E-state index contributed by atoms with van der Waals surface area (Å²) in [6, 6.07) is 10.4. The van der Waals surface area contributed by atoms with E-state index in [4.69, 9.17) is 28.6 Å². The van der Waals surface area contributed by atoms with Gasteiger partial charge in [-0.2, -0.15) is 14.9 Å². The van der Waals surface area contributed by atoms with Gasteiger partial charge in [0, 0.05) is 5.56 Å². The molecule has 0 radical (unpaired) electrons. The molecule has 0 saturated heterocycles. The minimum absolute atomic E-state index is 0.151. The lowest BCUT2D eigenvalue weighted by molar-refractivity contribution is 0.290. The van der Waals surface area contributed by atoms with Crippen molar-refractivity contribution in [1.29, 1.82) is 0 Å². The lowest BCUT2D eigenvalue weighted by Gasteiger charge is -2.07. The molecule has 5 nitrogen and oxygen atoms in total. The molecule has 0 amide bonds. The van der Waals surface area contributed by atoms with Crippen molar-refractivity contribution in [2.45, 2.75) is 20.5 Å². The third-order valence-electron chi connectivity index (χ3n) is 3.58. The minimum Gasteiger partial charge on any atom is -0.486 e. The zero-order valence-corrected chi connectivity index (χ0v) is 15.7. The minimum atomic E-state index is -0.468. The Hall–Kier alpha value is -2.51. The van der Waals surface area contributed by atoms with Gasteiger partial charge in [-0.3, -0.25) is 0 Å². The van der Waals surface area contributed by atoms with Crippen molar-refractivity contribution >= 4 is 30.0 Å². The Morgan fingerprint density at radius 1 is 1.31 bits per heavy atom. The van der Waals surface area contributed by atoms with Crippen molar-refractivity contribution in [1.82, 2.24) is 14.9 Å². The van der Waals surface area contributed by atoms with E-state index < -0.39 is 5.82 Å². The monoisotopic (exact) mass is 390 g/mol. The zero-order chi connectivity index (χ0) is 18.7. The summed E-state index contributed by atoms with van der Waals surface area (Å²) in [4.78, 5) is 0. The van der Waals surface area contributed by atoms with Crippen LogP contribution < -0.4 is 4.74 Å². The van der Waals surface area contributed by atoms with Crippen LogP contribution in [0.15, 0.2) is 41.5 Å². The normalized spacial score (nSPS) is 11.2. The molecule has 0 bridgehead atoms. The van der Waals surface area contributed by atoms with Crippen LogP contribution >= 0.6 is 23.8 Å².